The molecule has 0 bridgehead atoms. The average molecular weight is 369 g/mol. The van der Waals surface area contributed by atoms with E-state index in [2.05, 4.69) is 76.2 Å². The number of hydrogen-bond donors (Lipinski definition) is 0. The maximum Gasteiger partial charge on any atom is 0.0664 e. The zero-order valence-electron chi connectivity index (χ0n) is 17.1. The summed E-state index contributed by atoms with van der Waals surface area (Å²) in [6.07, 6.45) is 3.88. The van der Waals surface area contributed by atoms with Crippen LogP contribution in [0.25, 0.3) is 0 Å². The van der Waals surface area contributed by atoms with E-state index < -0.39 is 0 Å². The number of para-hydroxylation sites is 2. The summed E-state index contributed by atoms with van der Waals surface area (Å²) in [4.78, 5) is 9.54. The molecule has 142 valence electrons. The zero-order valence-corrected chi connectivity index (χ0v) is 17.1. The highest BCUT2D eigenvalue weighted by molar-refractivity contribution is 5.96. The summed E-state index contributed by atoms with van der Waals surface area (Å²) in [7, 11) is 0. The normalized spacial score (nSPS) is 11.9. The van der Waals surface area contributed by atoms with E-state index in [1.54, 1.807) is 0 Å². The molecule has 0 amide bonds. The second-order valence-electron chi connectivity index (χ2n) is 7.57. The van der Waals surface area contributed by atoms with Gasteiger partial charge in [0, 0.05) is 23.6 Å². The van der Waals surface area contributed by atoms with Crippen LogP contribution in [-0.4, -0.2) is 12.4 Å². The second kappa shape index (κ2) is 9.27. The molecular formula is C26H28N2. The summed E-state index contributed by atoms with van der Waals surface area (Å²) >= 11 is 0. The largest absolute Gasteiger partial charge is 0.256 e. The van der Waals surface area contributed by atoms with E-state index in [0.717, 1.165) is 22.5 Å². The van der Waals surface area contributed by atoms with Gasteiger partial charge in [0.1, 0.15) is 0 Å². The lowest BCUT2D eigenvalue weighted by Crippen LogP contribution is -1.93. The Labute approximate surface area is 168 Å². The molecule has 0 heterocycles. The molecule has 0 aliphatic heterocycles. The van der Waals surface area contributed by atoms with Crippen LogP contribution in [0.15, 0.2) is 82.8 Å². The van der Waals surface area contributed by atoms with E-state index in [1.807, 2.05) is 36.7 Å². The van der Waals surface area contributed by atoms with Gasteiger partial charge in [-0.3, -0.25) is 9.98 Å². The molecule has 3 aromatic carbocycles. The fourth-order valence-electron chi connectivity index (χ4n) is 3.21. The van der Waals surface area contributed by atoms with Crippen LogP contribution in [-0.2, 0) is 0 Å². The first-order valence-corrected chi connectivity index (χ1v) is 9.91. The van der Waals surface area contributed by atoms with Crippen molar-refractivity contribution in [3.63, 3.8) is 0 Å². The highest BCUT2D eigenvalue weighted by atomic mass is 14.7. The van der Waals surface area contributed by atoms with E-state index in [9.17, 15) is 0 Å². The minimum atomic E-state index is 0.442. The van der Waals surface area contributed by atoms with E-state index in [0.29, 0.717) is 11.8 Å². The maximum atomic E-state index is 4.77. The van der Waals surface area contributed by atoms with Crippen molar-refractivity contribution in [3.8, 4) is 0 Å². The Morgan fingerprint density at radius 1 is 0.536 bits per heavy atom. The molecule has 0 saturated carbocycles. The Kier molecular flexibility index (Phi) is 6.54. The third-order valence-electron chi connectivity index (χ3n) is 4.80. The Morgan fingerprint density at radius 3 is 1.29 bits per heavy atom. The molecule has 0 atom stereocenters. The molecule has 0 aromatic heterocycles. The molecule has 0 fully saturated rings. The number of benzene rings is 3. The second-order valence-corrected chi connectivity index (χ2v) is 7.57. The predicted octanol–water partition coefficient (Wildman–Crippen LogP) is 7.43. The zero-order chi connectivity index (χ0) is 19.9. The third-order valence-corrected chi connectivity index (χ3v) is 4.80. The first-order valence-electron chi connectivity index (χ1n) is 9.91. The lowest BCUT2D eigenvalue weighted by atomic mass is 10.0. The van der Waals surface area contributed by atoms with Gasteiger partial charge in [-0.2, -0.15) is 0 Å². The lowest BCUT2D eigenvalue weighted by Gasteiger charge is -2.09. The van der Waals surface area contributed by atoms with Gasteiger partial charge in [-0.05, 0) is 35.1 Å². The van der Waals surface area contributed by atoms with Gasteiger partial charge in [-0.1, -0.05) is 88.4 Å². The monoisotopic (exact) mass is 368 g/mol. The van der Waals surface area contributed by atoms with Gasteiger partial charge in [0.25, 0.3) is 0 Å². The fourth-order valence-corrected chi connectivity index (χ4v) is 3.21. The highest BCUT2D eigenvalue weighted by Crippen LogP contribution is 2.27. The topological polar surface area (TPSA) is 24.7 Å². The molecule has 3 rings (SSSR count). The Bertz CT molecular complexity index is 900. The molecular weight excluding hydrogens is 340 g/mol. The number of rotatable bonds is 6. The Balaban J connectivity index is 1.91. The molecule has 0 spiro atoms. The average Bonchev–Trinajstić information content (AvgIpc) is 2.71. The predicted molar refractivity (Wildman–Crippen MR) is 122 cm³/mol. The summed E-state index contributed by atoms with van der Waals surface area (Å²) in [6, 6.07) is 24.9. The van der Waals surface area contributed by atoms with Crippen molar-refractivity contribution in [2.24, 2.45) is 9.98 Å². The van der Waals surface area contributed by atoms with Crippen molar-refractivity contribution in [1.29, 1.82) is 0 Å². The summed E-state index contributed by atoms with van der Waals surface area (Å²) in [5.41, 5.74) is 6.69. The van der Waals surface area contributed by atoms with Crippen LogP contribution in [0.4, 0.5) is 11.4 Å². The SMILES string of the molecule is CC(C)c1ccccc1N=Cc1ccccc1C=Nc1ccccc1C(C)C. The molecule has 2 nitrogen and oxygen atoms in total. The molecule has 0 aliphatic rings. The Hall–Kier alpha value is -3.00. The number of hydrogen-bond acceptors (Lipinski definition) is 2. The van der Waals surface area contributed by atoms with Crippen molar-refractivity contribution in [2.75, 3.05) is 0 Å². The number of nitrogens with zero attached hydrogens (tertiary/aromatic N) is 2. The minimum absolute atomic E-state index is 0.442. The standard InChI is InChI=1S/C26H28N2/c1-19(2)23-13-7-9-15-25(23)27-17-21-11-5-6-12-22(21)18-28-26-16-10-8-14-24(26)20(3)4/h5-20H,1-4H3. The first kappa shape index (κ1) is 19.8. The smallest absolute Gasteiger partial charge is 0.0664 e. The van der Waals surface area contributed by atoms with Gasteiger partial charge in [0.2, 0.25) is 0 Å². The third kappa shape index (κ3) is 4.83. The van der Waals surface area contributed by atoms with Gasteiger partial charge in [-0.25, -0.2) is 0 Å². The highest BCUT2D eigenvalue weighted by Gasteiger charge is 2.06. The van der Waals surface area contributed by atoms with Crippen LogP contribution in [0.3, 0.4) is 0 Å². The Morgan fingerprint density at radius 2 is 0.893 bits per heavy atom. The van der Waals surface area contributed by atoms with Crippen LogP contribution in [0.1, 0.15) is 61.8 Å². The molecule has 28 heavy (non-hydrogen) atoms. The molecule has 0 unspecified atom stereocenters. The van der Waals surface area contributed by atoms with Crippen molar-refractivity contribution in [3.05, 3.63) is 95.1 Å². The lowest BCUT2D eigenvalue weighted by molar-refractivity contribution is 0.867. The van der Waals surface area contributed by atoms with E-state index in [-0.39, 0.29) is 0 Å². The van der Waals surface area contributed by atoms with Gasteiger partial charge in [0.05, 0.1) is 11.4 Å². The molecule has 0 aliphatic carbocycles. The van der Waals surface area contributed by atoms with E-state index >= 15 is 0 Å². The minimum Gasteiger partial charge on any atom is -0.256 e. The molecule has 2 heteroatoms. The van der Waals surface area contributed by atoms with Gasteiger partial charge in [0.15, 0.2) is 0 Å². The van der Waals surface area contributed by atoms with Crippen LogP contribution in [0, 0.1) is 0 Å². The molecule has 0 radical (unpaired) electrons. The summed E-state index contributed by atoms with van der Waals surface area (Å²) in [5, 5.41) is 0. The first-order chi connectivity index (χ1) is 13.6. The molecule has 0 N–H and O–H groups in total. The van der Waals surface area contributed by atoms with Crippen LogP contribution in [0.2, 0.25) is 0 Å². The van der Waals surface area contributed by atoms with Gasteiger partial charge < -0.3 is 0 Å². The van der Waals surface area contributed by atoms with Gasteiger partial charge in [-0.15, -0.1) is 0 Å². The van der Waals surface area contributed by atoms with Crippen molar-refractivity contribution < 1.29 is 0 Å². The number of aliphatic imine (C=N–C) groups is 2. The van der Waals surface area contributed by atoms with E-state index in [4.69, 9.17) is 9.98 Å². The summed E-state index contributed by atoms with van der Waals surface area (Å²) in [6.45, 7) is 8.78. The van der Waals surface area contributed by atoms with Crippen molar-refractivity contribution in [2.45, 2.75) is 39.5 Å². The van der Waals surface area contributed by atoms with Crippen LogP contribution >= 0.6 is 0 Å². The molecule has 3 aromatic rings. The van der Waals surface area contributed by atoms with Crippen molar-refractivity contribution >= 4 is 23.8 Å². The quantitative estimate of drug-likeness (QED) is 0.404. The van der Waals surface area contributed by atoms with E-state index in [1.165, 1.54) is 11.1 Å². The van der Waals surface area contributed by atoms with Gasteiger partial charge >= 0.3 is 0 Å². The van der Waals surface area contributed by atoms with Crippen LogP contribution < -0.4 is 0 Å². The van der Waals surface area contributed by atoms with Crippen molar-refractivity contribution in [1.82, 2.24) is 0 Å². The maximum absolute atomic E-state index is 4.77. The summed E-state index contributed by atoms with van der Waals surface area (Å²) < 4.78 is 0. The summed E-state index contributed by atoms with van der Waals surface area (Å²) in [5.74, 6) is 0.885. The fraction of sp³-hybridized carbons (Fsp3) is 0.231. The van der Waals surface area contributed by atoms with Crippen LogP contribution in [0.5, 0.6) is 0 Å². The molecule has 0 saturated heterocycles.